The molecule has 0 aliphatic rings. The van der Waals surface area contributed by atoms with Crippen LogP contribution < -0.4 is 0 Å². The highest BCUT2D eigenvalue weighted by atomic mass is 19.4. The van der Waals surface area contributed by atoms with Gasteiger partial charge in [0.2, 0.25) is 11.7 Å². The Morgan fingerprint density at radius 2 is 1.52 bits per heavy atom. The van der Waals surface area contributed by atoms with E-state index in [1.807, 2.05) is 44.4 Å². The Balaban J connectivity index is 0.000000370. The molecule has 0 aliphatic heterocycles. The molecule has 1 aromatic heterocycles. The zero-order valence-electron chi connectivity index (χ0n) is 15.8. The van der Waals surface area contributed by atoms with Crippen LogP contribution in [0.15, 0.2) is 59.1 Å². The van der Waals surface area contributed by atoms with Crippen LogP contribution in [0, 0.1) is 0 Å². The molecule has 0 bridgehead atoms. The van der Waals surface area contributed by atoms with Gasteiger partial charge < -0.3 is 14.5 Å². The molecule has 0 radical (unpaired) electrons. The molecular formula is C20H20F3N3O3. The molecule has 0 amide bonds. The molecule has 6 nitrogen and oxygen atoms in total. The summed E-state index contributed by atoms with van der Waals surface area (Å²) in [6.45, 7) is 0.897. The van der Waals surface area contributed by atoms with Gasteiger partial charge in [0.15, 0.2) is 0 Å². The number of aromatic nitrogens is 2. The number of likely N-dealkylation sites (N-methyl/N-ethyl adjacent to an activating group) is 1. The van der Waals surface area contributed by atoms with Crippen LogP contribution >= 0.6 is 0 Å². The maximum Gasteiger partial charge on any atom is 0.490 e. The zero-order valence-corrected chi connectivity index (χ0v) is 15.8. The summed E-state index contributed by atoms with van der Waals surface area (Å²) in [4.78, 5) is 15.4. The molecule has 0 saturated carbocycles. The molecule has 9 heteroatoms. The number of hydrogen-bond donors (Lipinski definition) is 1. The minimum atomic E-state index is -5.08. The molecule has 0 atom stereocenters. The van der Waals surface area contributed by atoms with Crippen LogP contribution in [-0.2, 0) is 11.2 Å². The van der Waals surface area contributed by atoms with E-state index >= 15 is 0 Å². The topological polar surface area (TPSA) is 79.5 Å². The van der Waals surface area contributed by atoms with Crippen molar-refractivity contribution in [2.45, 2.75) is 12.6 Å². The first-order valence-electron chi connectivity index (χ1n) is 8.60. The van der Waals surface area contributed by atoms with Gasteiger partial charge in [0.25, 0.3) is 0 Å². The highest BCUT2D eigenvalue weighted by molar-refractivity contribution is 5.73. The first-order valence-corrected chi connectivity index (χ1v) is 8.60. The van der Waals surface area contributed by atoms with Crippen molar-refractivity contribution in [3.8, 4) is 22.5 Å². The summed E-state index contributed by atoms with van der Waals surface area (Å²) in [5.74, 6) is -1.43. The summed E-state index contributed by atoms with van der Waals surface area (Å²) in [6.07, 6.45) is -4.32. The standard InChI is InChI=1S/C18H19N3O.C2HF3O2/c1-21(2)13-12-17-19-18(20-22-17)16-10-8-15(9-11-16)14-6-4-3-5-7-14;3-2(4,5)1(6)7/h3-11H,12-13H2,1-2H3;(H,6,7). The van der Waals surface area contributed by atoms with Crippen molar-refractivity contribution >= 4 is 5.97 Å². The fourth-order valence-electron chi connectivity index (χ4n) is 2.24. The Morgan fingerprint density at radius 3 is 2.03 bits per heavy atom. The molecule has 0 aliphatic carbocycles. The van der Waals surface area contributed by atoms with E-state index in [-0.39, 0.29) is 0 Å². The monoisotopic (exact) mass is 407 g/mol. The number of benzene rings is 2. The van der Waals surface area contributed by atoms with Crippen molar-refractivity contribution in [3.05, 3.63) is 60.5 Å². The number of carbonyl (C=O) groups is 1. The molecule has 3 aromatic rings. The average Bonchev–Trinajstić information content (AvgIpc) is 3.16. The Kier molecular flexibility index (Phi) is 7.49. The second-order valence-electron chi connectivity index (χ2n) is 6.31. The van der Waals surface area contributed by atoms with E-state index in [1.54, 1.807) is 0 Å². The van der Waals surface area contributed by atoms with Gasteiger partial charge in [-0.15, -0.1) is 0 Å². The summed E-state index contributed by atoms with van der Waals surface area (Å²) in [5.41, 5.74) is 3.36. The van der Waals surface area contributed by atoms with E-state index in [9.17, 15) is 13.2 Å². The van der Waals surface area contributed by atoms with Crippen molar-refractivity contribution in [2.24, 2.45) is 0 Å². The van der Waals surface area contributed by atoms with Crippen LogP contribution in [0.5, 0.6) is 0 Å². The van der Waals surface area contributed by atoms with Crippen LogP contribution in [0.25, 0.3) is 22.5 Å². The Morgan fingerprint density at radius 1 is 1.00 bits per heavy atom. The van der Waals surface area contributed by atoms with Gasteiger partial charge in [-0.25, -0.2) is 4.79 Å². The molecule has 0 spiro atoms. The minimum Gasteiger partial charge on any atom is -0.475 e. The molecule has 2 aromatic carbocycles. The number of rotatable bonds is 5. The van der Waals surface area contributed by atoms with Crippen LogP contribution in [0.3, 0.4) is 0 Å². The molecule has 3 rings (SSSR count). The molecule has 0 unspecified atom stereocenters. The number of alkyl halides is 3. The van der Waals surface area contributed by atoms with E-state index in [2.05, 4.69) is 39.3 Å². The molecule has 1 N–H and O–H groups in total. The van der Waals surface area contributed by atoms with Gasteiger partial charge in [0, 0.05) is 18.5 Å². The maximum absolute atomic E-state index is 10.6. The van der Waals surface area contributed by atoms with Gasteiger partial charge >= 0.3 is 12.1 Å². The second-order valence-corrected chi connectivity index (χ2v) is 6.31. The highest BCUT2D eigenvalue weighted by Crippen LogP contribution is 2.23. The van der Waals surface area contributed by atoms with E-state index < -0.39 is 12.1 Å². The molecule has 1 heterocycles. The summed E-state index contributed by atoms with van der Waals surface area (Å²) >= 11 is 0. The van der Waals surface area contributed by atoms with Crippen molar-refractivity contribution in [1.29, 1.82) is 0 Å². The van der Waals surface area contributed by atoms with Crippen LogP contribution in [0.2, 0.25) is 0 Å². The lowest BCUT2D eigenvalue weighted by Gasteiger charge is -2.05. The van der Waals surface area contributed by atoms with Gasteiger partial charge in [0.05, 0.1) is 0 Å². The third-order valence-corrected chi connectivity index (χ3v) is 3.73. The van der Waals surface area contributed by atoms with Gasteiger partial charge in [-0.05, 0) is 25.2 Å². The van der Waals surface area contributed by atoms with Crippen molar-refractivity contribution < 1.29 is 27.6 Å². The lowest BCUT2D eigenvalue weighted by Crippen LogP contribution is -2.21. The van der Waals surface area contributed by atoms with Gasteiger partial charge in [-0.2, -0.15) is 18.2 Å². The molecule has 0 saturated heterocycles. The number of carboxylic acids is 1. The molecular weight excluding hydrogens is 387 g/mol. The Hall–Kier alpha value is -3.20. The molecule has 29 heavy (non-hydrogen) atoms. The number of hydrogen-bond acceptors (Lipinski definition) is 5. The lowest BCUT2D eigenvalue weighted by molar-refractivity contribution is -0.192. The SMILES string of the molecule is CN(C)CCc1nc(-c2ccc(-c3ccccc3)cc2)no1.O=C(O)C(F)(F)F. The number of carboxylic acid groups (broad SMARTS) is 1. The molecule has 154 valence electrons. The largest absolute Gasteiger partial charge is 0.490 e. The predicted molar refractivity (Wildman–Crippen MR) is 101 cm³/mol. The van der Waals surface area contributed by atoms with Crippen LogP contribution in [0.1, 0.15) is 5.89 Å². The maximum atomic E-state index is 10.6. The Bertz CT molecular complexity index is 908. The van der Waals surface area contributed by atoms with Gasteiger partial charge in [-0.3, -0.25) is 0 Å². The van der Waals surface area contributed by atoms with E-state index in [0.29, 0.717) is 11.7 Å². The summed E-state index contributed by atoms with van der Waals surface area (Å²) in [5, 5.41) is 11.2. The smallest absolute Gasteiger partial charge is 0.475 e. The summed E-state index contributed by atoms with van der Waals surface area (Å²) < 4.78 is 37.0. The van der Waals surface area contributed by atoms with Crippen LogP contribution in [0.4, 0.5) is 13.2 Å². The fraction of sp³-hybridized carbons (Fsp3) is 0.250. The number of halogens is 3. The number of nitrogens with zero attached hydrogens (tertiary/aromatic N) is 3. The second kappa shape index (κ2) is 9.83. The summed E-state index contributed by atoms with van der Waals surface area (Å²) in [6, 6.07) is 18.5. The predicted octanol–water partition coefficient (Wildman–Crippen LogP) is 4.14. The first kappa shape index (κ1) is 22.1. The number of aliphatic carboxylic acids is 1. The zero-order chi connectivity index (χ0) is 21.4. The molecule has 0 fully saturated rings. The van der Waals surface area contributed by atoms with E-state index in [0.717, 1.165) is 18.5 Å². The van der Waals surface area contributed by atoms with Crippen molar-refractivity contribution in [3.63, 3.8) is 0 Å². The first-order chi connectivity index (χ1) is 13.7. The van der Waals surface area contributed by atoms with Gasteiger partial charge in [-0.1, -0.05) is 59.8 Å². The van der Waals surface area contributed by atoms with Gasteiger partial charge in [0.1, 0.15) is 0 Å². The summed E-state index contributed by atoms with van der Waals surface area (Å²) in [7, 11) is 4.05. The van der Waals surface area contributed by atoms with Crippen LogP contribution in [-0.4, -0.2) is 52.9 Å². The van der Waals surface area contributed by atoms with Crippen molar-refractivity contribution in [1.82, 2.24) is 15.0 Å². The van der Waals surface area contributed by atoms with E-state index in [1.165, 1.54) is 11.1 Å². The third kappa shape index (κ3) is 7.04. The third-order valence-electron chi connectivity index (χ3n) is 3.73. The quantitative estimate of drug-likeness (QED) is 0.685. The normalized spacial score (nSPS) is 11.1. The highest BCUT2D eigenvalue weighted by Gasteiger charge is 2.38. The minimum absolute atomic E-state index is 0.647. The Labute approximate surface area is 165 Å². The fourth-order valence-corrected chi connectivity index (χ4v) is 2.24. The van der Waals surface area contributed by atoms with Crippen molar-refractivity contribution in [2.75, 3.05) is 20.6 Å². The average molecular weight is 407 g/mol. The van der Waals surface area contributed by atoms with E-state index in [4.69, 9.17) is 14.4 Å². The lowest BCUT2D eigenvalue weighted by atomic mass is 10.0.